The quantitative estimate of drug-likeness (QED) is 0.661. The molecule has 32 heavy (non-hydrogen) atoms. The van der Waals surface area contributed by atoms with E-state index in [1.165, 1.54) is 0 Å². The summed E-state index contributed by atoms with van der Waals surface area (Å²) in [5, 5.41) is 0.417. The van der Waals surface area contributed by atoms with Gasteiger partial charge in [-0.2, -0.15) is 4.31 Å². The molecule has 1 saturated carbocycles. The van der Waals surface area contributed by atoms with Crippen molar-refractivity contribution in [2.24, 2.45) is 0 Å². The standard InChI is InChI=1S/C23H27ClN4O3S/c1-23(2)21-10-15(24)4-7-20(21)22(29)28(23)18-11-17(12-25-13-18)26(3)16-8-9-27(14-16)32(30,31)19-5-6-19/h4,7,10-13,16,19H,5-6,8-9,14H2,1-3H3/t16-/m1/s1. The number of hydrogen-bond acceptors (Lipinski definition) is 5. The number of pyridine rings is 1. The smallest absolute Gasteiger partial charge is 0.259 e. The van der Waals surface area contributed by atoms with Crippen LogP contribution in [0.3, 0.4) is 0 Å². The van der Waals surface area contributed by atoms with Crippen molar-refractivity contribution < 1.29 is 13.2 Å². The fourth-order valence-corrected chi connectivity index (χ4v) is 6.99. The van der Waals surface area contributed by atoms with E-state index in [0.29, 0.717) is 29.4 Å². The number of likely N-dealkylation sites (N-methyl/N-ethyl adjacent to an activating group) is 1. The maximum atomic E-state index is 13.3. The number of carbonyl (C=O) groups excluding carboxylic acids is 1. The van der Waals surface area contributed by atoms with Crippen molar-refractivity contribution in [3.63, 3.8) is 0 Å². The fourth-order valence-electron chi connectivity index (χ4n) is 4.92. The SMILES string of the molecule is CN(c1cncc(N2C(=O)c3ccc(Cl)cc3C2(C)C)c1)[C@@H]1CCN(S(=O)(=O)C2CC2)C1. The van der Waals surface area contributed by atoms with Gasteiger partial charge in [0.15, 0.2) is 0 Å². The number of aromatic nitrogens is 1. The first-order valence-corrected chi connectivity index (χ1v) is 12.8. The summed E-state index contributed by atoms with van der Waals surface area (Å²) in [4.78, 5) is 21.5. The zero-order valence-corrected chi connectivity index (χ0v) is 20.0. The maximum absolute atomic E-state index is 13.3. The van der Waals surface area contributed by atoms with Gasteiger partial charge in [-0.25, -0.2) is 8.42 Å². The van der Waals surface area contributed by atoms with Gasteiger partial charge in [0.25, 0.3) is 5.91 Å². The van der Waals surface area contributed by atoms with Gasteiger partial charge < -0.3 is 4.90 Å². The van der Waals surface area contributed by atoms with Crippen LogP contribution in [0.1, 0.15) is 49.0 Å². The number of halogens is 1. The van der Waals surface area contributed by atoms with E-state index in [1.807, 2.05) is 33.0 Å². The second-order valence-corrected chi connectivity index (χ2v) is 12.1. The van der Waals surface area contributed by atoms with Crippen molar-refractivity contribution in [1.82, 2.24) is 9.29 Å². The summed E-state index contributed by atoms with van der Waals surface area (Å²) >= 11 is 6.20. The van der Waals surface area contributed by atoms with Crippen LogP contribution in [0.4, 0.5) is 11.4 Å². The lowest BCUT2D eigenvalue weighted by atomic mass is 9.93. The molecule has 7 nitrogen and oxygen atoms in total. The molecule has 0 unspecified atom stereocenters. The summed E-state index contributed by atoms with van der Waals surface area (Å²) < 4.78 is 26.9. The van der Waals surface area contributed by atoms with Crippen molar-refractivity contribution in [1.29, 1.82) is 0 Å². The number of anilines is 2. The highest BCUT2D eigenvalue weighted by molar-refractivity contribution is 7.90. The second-order valence-electron chi connectivity index (χ2n) is 9.45. The van der Waals surface area contributed by atoms with Gasteiger partial charge in [0.05, 0.1) is 34.6 Å². The fraction of sp³-hybridized carbons (Fsp3) is 0.478. The van der Waals surface area contributed by atoms with Crippen LogP contribution in [0.25, 0.3) is 0 Å². The molecule has 2 aliphatic heterocycles. The Morgan fingerprint density at radius 2 is 1.91 bits per heavy atom. The summed E-state index contributed by atoms with van der Waals surface area (Å²) in [6.07, 6.45) is 5.78. The van der Waals surface area contributed by atoms with Crippen molar-refractivity contribution in [3.8, 4) is 0 Å². The van der Waals surface area contributed by atoms with Gasteiger partial charge in [-0.3, -0.25) is 14.7 Å². The first-order valence-electron chi connectivity index (χ1n) is 10.9. The number of nitrogens with zero attached hydrogens (tertiary/aromatic N) is 4. The molecule has 3 aliphatic rings. The number of amides is 1. The van der Waals surface area contributed by atoms with E-state index >= 15 is 0 Å². The minimum atomic E-state index is -3.16. The molecule has 0 radical (unpaired) electrons. The van der Waals surface area contributed by atoms with Gasteiger partial charge in [0.1, 0.15) is 0 Å². The predicted octanol–water partition coefficient (Wildman–Crippen LogP) is 3.63. The lowest BCUT2D eigenvalue weighted by Gasteiger charge is -2.33. The second kappa shape index (κ2) is 7.43. The number of rotatable bonds is 5. The van der Waals surface area contributed by atoms with Gasteiger partial charge >= 0.3 is 0 Å². The topological polar surface area (TPSA) is 73.8 Å². The van der Waals surface area contributed by atoms with Crippen molar-refractivity contribution >= 4 is 38.9 Å². The maximum Gasteiger partial charge on any atom is 0.259 e. The van der Waals surface area contributed by atoms with Gasteiger partial charge in [-0.15, -0.1) is 0 Å². The molecule has 3 heterocycles. The number of benzene rings is 1. The van der Waals surface area contributed by atoms with Crippen LogP contribution in [0.5, 0.6) is 0 Å². The normalized spacial score (nSPS) is 22.9. The average molecular weight is 475 g/mol. The summed E-state index contributed by atoms with van der Waals surface area (Å²) in [6, 6.07) is 7.39. The van der Waals surface area contributed by atoms with Gasteiger partial charge in [0, 0.05) is 36.8 Å². The Morgan fingerprint density at radius 1 is 1.16 bits per heavy atom. The van der Waals surface area contributed by atoms with E-state index < -0.39 is 15.6 Å². The molecule has 9 heteroatoms. The predicted molar refractivity (Wildman–Crippen MR) is 126 cm³/mol. The first kappa shape index (κ1) is 21.7. The van der Waals surface area contributed by atoms with Crippen LogP contribution in [0.2, 0.25) is 5.02 Å². The highest BCUT2D eigenvalue weighted by Crippen LogP contribution is 2.43. The number of carbonyl (C=O) groups is 1. The minimum absolute atomic E-state index is 0.0684. The summed E-state index contributed by atoms with van der Waals surface area (Å²) in [7, 11) is -1.20. The highest BCUT2D eigenvalue weighted by atomic mass is 35.5. The molecule has 1 aliphatic carbocycles. The molecule has 0 spiro atoms. The first-order chi connectivity index (χ1) is 15.1. The molecule has 1 aromatic carbocycles. The van der Waals surface area contributed by atoms with E-state index in [9.17, 15) is 13.2 Å². The van der Waals surface area contributed by atoms with E-state index in [1.54, 1.807) is 33.7 Å². The molecule has 0 bridgehead atoms. The number of hydrogen-bond donors (Lipinski definition) is 0. The number of fused-ring (bicyclic) bond motifs is 1. The minimum Gasteiger partial charge on any atom is -0.369 e. The highest BCUT2D eigenvalue weighted by Gasteiger charge is 2.45. The Hall–Kier alpha value is -2.16. The zero-order chi connectivity index (χ0) is 22.8. The van der Waals surface area contributed by atoms with Gasteiger partial charge in [-0.1, -0.05) is 11.6 Å². The zero-order valence-electron chi connectivity index (χ0n) is 18.5. The van der Waals surface area contributed by atoms with E-state index in [0.717, 1.165) is 30.5 Å². The molecule has 170 valence electrons. The Balaban J connectivity index is 1.40. The summed E-state index contributed by atoms with van der Waals surface area (Å²) in [5.41, 5.74) is 2.53. The molecule has 0 N–H and O–H groups in total. The molecule has 5 rings (SSSR count). The largest absolute Gasteiger partial charge is 0.369 e. The molecule has 1 aromatic heterocycles. The molecule has 1 atom stereocenters. The Labute approximate surface area is 194 Å². The molecular weight excluding hydrogens is 448 g/mol. The van der Waals surface area contributed by atoms with Crippen molar-refractivity contribution in [3.05, 3.63) is 52.8 Å². The van der Waals surface area contributed by atoms with E-state index in [4.69, 9.17) is 11.6 Å². The third-order valence-electron chi connectivity index (χ3n) is 6.99. The Kier molecular flexibility index (Phi) is 5.03. The monoisotopic (exact) mass is 474 g/mol. The molecule has 2 fully saturated rings. The van der Waals surface area contributed by atoms with Crippen LogP contribution >= 0.6 is 11.6 Å². The van der Waals surface area contributed by atoms with Gasteiger partial charge in [0.2, 0.25) is 10.0 Å². The Bertz CT molecular complexity index is 1200. The van der Waals surface area contributed by atoms with Gasteiger partial charge in [-0.05, 0) is 62.9 Å². The molecule has 1 amide bonds. The van der Waals surface area contributed by atoms with Crippen LogP contribution in [0, 0.1) is 0 Å². The molecular formula is C23H27ClN4O3S. The number of sulfonamides is 1. The molecule has 1 saturated heterocycles. The van der Waals surface area contributed by atoms with E-state index in [-0.39, 0.29) is 17.2 Å². The lowest BCUT2D eigenvalue weighted by Crippen LogP contribution is -2.40. The average Bonchev–Trinajstić information content (AvgIpc) is 3.46. The van der Waals surface area contributed by atoms with Crippen molar-refractivity contribution in [2.45, 2.75) is 49.9 Å². The summed E-state index contributed by atoms with van der Waals surface area (Å²) in [6.45, 7) is 5.04. The van der Waals surface area contributed by atoms with Crippen LogP contribution < -0.4 is 9.80 Å². The van der Waals surface area contributed by atoms with Crippen LogP contribution in [-0.4, -0.2) is 55.0 Å². The van der Waals surface area contributed by atoms with Crippen LogP contribution in [0.15, 0.2) is 36.7 Å². The lowest BCUT2D eigenvalue weighted by molar-refractivity contribution is 0.0982. The summed E-state index contributed by atoms with van der Waals surface area (Å²) in [5.74, 6) is -0.0779. The third kappa shape index (κ3) is 3.40. The third-order valence-corrected chi connectivity index (χ3v) is 9.59. The van der Waals surface area contributed by atoms with E-state index in [2.05, 4.69) is 9.88 Å². The Morgan fingerprint density at radius 3 is 2.62 bits per heavy atom. The van der Waals surface area contributed by atoms with Crippen LogP contribution in [-0.2, 0) is 15.6 Å². The van der Waals surface area contributed by atoms with Crippen molar-refractivity contribution in [2.75, 3.05) is 29.9 Å². The molecule has 2 aromatic rings.